The average Bonchev–Trinajstić information content (AvgIpc) is 2.98. The third-order valence-electron chi connectivity index (χ3n) is 4.02. The van der Waals surface area contributed by atoms with E-state index in [1.165, 1.54) is 17.4 Å². The molecule has 3 rings (SSSR count). The lowest BCUT2D eigenvalue weighted by Crippen LogP contribution is -2.21. The van der Waals surface area contributed by atoms with Crippen LogP contribution in [0, 0.1) is 11.3 Å². The molecule has 0 atom stereocenters. The van der Waals surface area contributed by atoms with Gasteiger partial charge in [-0.3, -0.25) is 4.79 Å². The number of rotatable bonds is 4. The number of amides is 1. The van der Waals surface area contributed by atoms with Gasteiger partial charge in [0.2, 0.25) is 0 Å². The number of carbonyl (C=O) groups is 2. The summed E-state index contributed by atoms with van der Waals surface area (Å²) in [4.78, 5) is 25.4. The van der Waals surface area contributed by atoms with E-state index in [1.54, 1.807) is 12.1 Å². The van der Waals surface area contributed by atoms with Gasteiger partial charge in [-0.1, -0.05) is 27.5 Å². The van der Waals surface area contributed by atoms with Crippen LogP contribution in [-0.2, 0) is 22.4 Å². The second-order valence-corrected chi connectivity index (χ2v) is 8.20. The smallest absolute Gasteiger partial charge is 0.340 e. The topological polar surface area (TPSA) is 79.2 Å². The molecule has 0 saturated carbocycles. The SMILES string of the molecule is N#Cc1c(NC(=O)COC(=O)c2cc(Br)ccc2Cl)sc2c1CCCC2. The number of hydrogen-bond acceptors (Lipinski definition) is 5. The van der Waals surface area contributed by atoms with Gasteiger partial charge in [-0.25, -0.2) is 4.79 Å². The fourth-order valence-corrected chi connectivity index (χ4v) is 4.61. The van der Waals surface area contributed by atoms with Gasteiger partial charge in [-0.05, 0) is 49.4 Å². The summed E-state index contributed by atoms with van der Waals surface area (Å²) in [6, 6.07) is 6.98. The van der Waals surface area contributed by atoms with E-state index < -0.39 is 18.5 Å². The van der Waals surface area contributed by atoms with Gasteiger partial charge in [-0.2, -0.15) is 5.26 Å². The van der Waals surface area contributed by atoms with Crippen molar-refractivity contribution in [3.8, 4) is 6.07 Å². The van der Waals surface area contributed by atoms with Crippen molar-refractivity contribution >= 4 is 55.7 Å². The second-order valence-electron chi connectivity index (χ2n) is 5.78. The largest absolute Gasteiger partial charge is 0.452 e. The van der Waals surface area contributed by atoms with Crippen LogP contribution in [0.25, 0.3) is 0 Å². The quantitative estimate of drug-likeness (QED) is 0.680. The van der Waals surface area contributed by atoms with E-state index in [0.717, 1.165) is 36.1 Å². The Kier molecular flexibility index (Phi) is 5.97. The third kappa shape index (κ3) is 4.09. The van der Waals surface area contributed by atoms with Crippen LogP contribution in [0.5, 0.6) is 0 Å². The van der Waals surface area contributed by atoms with E-state index in [1.807, 2.05) is 0 Å². The number of nitrogens with zero attached hydrogens (tertiary/aromatic N) is 1. The van der Waals surface area contributed by atoms with Crippen LogP contribution in [0.2, 0.25) is 5.02 Å². The van der Waals surface area contributed by atoms with E-state index >= 15 is 0 Å². The molecule has 0 aliphatic heterocycles. The molecule has 1 N–H and O–H groups in total. The van der Waals surface area contributed by atoms with Gasteiger partial charge >= 0.3 is 5.97 Å². The van der Waals surface area contributed by atoms with Crippen LogP contribution < -0.4 is 5.32 Å². The molecule has 1 heterocycles. The molecule has 0 saturated heterocycles. The Morgan fingerprint density at radius 2 is 2.12 bits per heavy atom. The molecule has 134 valence electrons. The average molecular weight is 454 g/mol. The number of hydrogen-bond donors (Lipinski definition) is 1. The summed E-state index contributed by atoms with van der Waals surface area (Å²) in [6.45, 7) is -0.449. The minimum absolute atomic E-state index is 0.179. The zero-order chi connectivity index (χ0) is 18.7. The number of fused-ring (bicyclic) bond motifs is 1. The van der Waals surface area contributed by atoms with Gasteiger partial charge < -0.3 is 10.1 Å². The molecule has 1 aliphatic rings. The van der Waals surface area contributed by atoms with Crippen molar-refractivity contribution < 1.29 is 14.3 Å². The Labute approximate surface area is 168 Å². The van der Waals surface area contributed by atoms with Crippen molar-refractivity contribution in [1.82, 2.24) is 0 Å². The first kappa shape index (κ1) is 18.9. The van der Waals surface area contributed by atoms with Crippen LogP contribution in [-0.4, -0.2) is 18.5 Å². The van der Waals surface area contributed by atoms with Gasteiger partial charge in [0.1, 0.15) is 11.1 Å². The Morgan fingerprint density at radius 3 is 2.88 bits per heavy atom. The Balaban J connectivity index is 1.65. The summed E-state index contributed by atoms with van der Waals surface area (Å²) in [5.74, 6) is -1.17. The van der Waals surface area contributed by atoms with E-state index in [0.29, 0.717) is 15.0 Å². The van der Waals surface area contributed by atoms with E-state index in [9.17, 15) is 14.9 Å². The molecule has 0 radical (unpaired) electrons. The number of carbonyl (C=O) groups excluding carboxylic acids is 2. The molecular weight excluding hydrogens is 440 g/mol. The van der Waals surface area contributed by atoms with Gasteiger partial charge in [0.05, 0.1) is 16.1 Å². The fraction of sp³-hybridized carbons (Fsp3) is 0.278. The van der Waals surface area contributed by atoms with Gasteiger partial charge in [0.15, 0.2) is 6.61 Å². The lowest BCUT2D eigenvalue weighted by atomic mass is 9.96. The number of benzene rings is 1. The van der Waals surface area contributed by atoms with Gasteiger partial charge in [-0.15, -0.1) is 11.3 Å². The predicted molar refractivity (Wildman–Crippen MR) is 104 cm³/mol. The zero-order valence-corrected chi connectivity index (χ0v) is 16.8. The van der Waals surface area contributed by atoms with Crippen molar-refractivity contribution in [2.24, 2.45) is 0 Å². The highest BCUT2D eigenvalue weighted by atomic mass is 79.9. The zero-order valence-electron chi connectivity index (χ0n) is 13.6. The minimum Gasteiger partial charge on any atom is -0.452 e. The van der Waals surface area contributed by atoms with Crippen LogP contribution in [0.4, 0.5) is 5.00 Å². The summed E-state index contributed by atoms with van der Waals surface area (Å²) in [7, 11) is 0. The molecule has 2 aromatic rings. The molecular formula is C18H14BrClN2O3S. The highest BCUT2D eigenvalue weighted by molar-refractivity contribution is 9.10. The maximum absolute atomic E-state index is 12.1. The van der Waals surface area contributed by atoms with E-state index in [4.69, 9.17) is 16.3 Å². The number of aryl methyl sites for hydroxylation is 1. The number of anilines is 1. The molecule has 8 heteroatoms. The number of halogens is 2. The number of ether oxygens (including phenoxy) is 1. The summed E-state index contributed by atoms with van der Waals surface area (Å²) in [6.07, 6.45) is 3.94. The highest BCUT2D eigenvalue weighted by Crippen LogP contribution is 2.37. The molecule has 5 nitrogen and oxygen atoms in total. The molecule has 0 spiro atoms. The summed E-state index contributed by atoms with van der Waals surface area (Å²) in [5.41, 5.74) is 1.74. The first-order valence-electron chi connectivity index (χ1n) is 7.96. The number of thiophene rings is 1. The molecule has 0 fully saturated rings. The van der Waals surface area contributed by atoms with E-state index in [-0.39, 0.29) is 10.6 Å². The molecule has 26 heavy (non-hydrogen) atoms. The van der Waals surface area contributed by atoms with Crippen molar-refractivity contribution in [2.75, 3.05) is 11.9 Å². The molecule has 0 unspecified atom stereocenters. The summed E-state index contributed by atoms with van der Waals surface area (Å²) >= 11 is 10.7. The monoisotopic (exact) mass is 452 g/mol. The van der Waals surface area contributed by atoms with Crippen LogP contribution in [0.3, 0.4) is 0 Å². The van der Waals surface area contributed by atoms with Crippen molar-refractivity contribution in [3.05, 3.63) is 49.3 Å². The maximum Gasteiger partial charge on any atom is 0.340 e. The lowest BCUT2D eigenvalue weighted by Gasteiger charge is -2.09. The summed E-state index contributed by atoms with van der Waals surface area (Å²) < 4.78 is 5.72. The Hall–Kier alpha value is -1.88. The fourth-order valence-electron chi connectivity index (χ4n) is 2.80. The van der Waals surface area contributed by atoms with Gasteiger partial charge in [0, 0.05) is 9.35 Å². The van der Waals surface area contributed by atoms with Crippen molar-refractivity contribution in [2.45, 2.75) is 25.7 Å². The minimum atomic E-state index is -0.683. The van der Waals surface area contributed by atoms with Crippen LogP contribution in [0.15, 0.2) is 22.7 Å². The second kappa shape index (κ2) is 8.21. The number of esters is 1. The van der Waals surface area contributed by atoms with Crippen molar-refractivity contribution in [3.63, 3.8) is 0 Å². The molecule has 1 amide bonds. The standard InChI is InChI=1S/C18H14BrClN2O3S/c19-10-5-6-14(20)12(7-10)18(24)25-9-16(23)22-17-13(8-21)11-3-1-2-4-15(11)26-17/h5-7H,1-4,9H2,(H,22,23). The van der Waals surface area contributed by atoms with E-state index in [2.05, 4.69) is 27.3 Å². The first-order chi connectivity index (χ1) is 12.5. The van der Waals surface area contributed by atoms with Crippen molar-refractivity contribution in [1.29, 1.82) is 5.26 Å². The van der Waals surface area contributed by atoms with Crippen LogP contribution >= 0.6 is 38.9 Å². The lowest BCUT2D eigenvalue weighted by molar-refractivity contribution is -0.119. The summed E-state index contributed by atoms with van der Waals surface area (Å²) in [5, 5.41) is 12.9. The molecule has 0 bridgehead atoms. The number of nitrogens with one attached hydrogen (secondary N) is 1. The maximum atomic E-state index is 12.1. The molecule has 1 aliphatic carbocycles. The van der Waals surface area contributed by atoms with Crippen LogP contribution in [0.1, 0.15) is 39.2 Å². The first-order valence-corrected chi connectivity index (χ1v) is 9.95. The third-order valence-corrected chi connectivity index (χ3v) is 6.05. The molecule has 1 aromatic heterocycles. The Bertz CT molecular complexity index is 920. The number of nitriles is 1. The Morgan fingerprint density at radius 1 is 1.35 bits per heavy atom. The normalized spacial score (nSPS) is 12.8. The predicted octanol–water partition coefficient (Wildman–Crippen LogP) is 4.71. The molecule has 1 aromatic carbocycles. The van der Waals surface area contributed by atoms with Gasteiger partial charge in [0.25, 0.3) is 5.91 Å². The highest BCUT2D eigenvalue weighted by Gasteiger charge is 2.22.